The molecule has 14 heteroatoms. The molecule has 4 aliphatic rings. The molecule has 264 valence electrons. The van der Waals surface area contributed by atoms with Gasteiger partial charge in [-0.15, -0.1) is 0 Å². The van der Waals surface area contributed by atoms with E-state index in [0.717, 1.165) is 43.1 Å². The lowest BCUT2D eigenvalue weighted by atomic mass is 9.80. The zero-order chi connectivity index (χ0) is 35.1. The standard InChI is InChI=1S/C34H50N6O7S/c1-34(2,3)26(18-39(4)48(5,46)47)37-33(45)38-27(22-14-20-11-6-7-12-21(20)15-22)32(44)40-17-23-16-24(23)28(40)31(43)36-25(29(41)30(35)42)13-19-9-8-10-19/h6-7,11-12,19,22-28H,8-10,13-18H2,1-5H3,(H2,35,42)(H,36,43)(H2,37,38,45)/t23-,24-,25?,26+,27-,28-/m0/s1. The summed E-state index contributed by atoms with van der Waals surface area (Å²) in [6.45, 7) is 6.07. The van der Waals surface area contributed by atoms with Gasteiger partial charge in [0.2, 0.25) is 27.6 Å². The molecule has 48 heavy (non-hydrogen) atoms. The van der Waals surface area contributed by atoms with Crippen LogP contribution in [0.1, 0.15) is 64.0 Å². The maximum Gasteiger partial charge on any atom is 0.315 e. The lowest BCUT2D eigenvalue weighted by molar-refractivity contribution is -0.143. The Balaban J connectivity index is 1.36. The Morgan fingerprint density at radius 2 is 1.65 bits per heavy atom. The minimum absolute atomic E-state index is 0.0347. The second-order valence-electron chi connectivity index (χ2n) is 15.4. The van der Waals surface area contributed by atoms with Crippen LogP contribution in [0.15, 0.2) is 24.3 Å². The summed E-state index contributed by atoms with van der Waals surface area (Å²) < 4.78 is 25.5. The van der Waals surface area contributed by atoms with Gasteiger partial charge in [-0.2, -0.15) is 0 Å². The van der Waals surface area contributed by atoms with E-state index in [1.807, 2.05) is 45.0 Å². The van der Waals surface area contributed by atoms with Crippen molar-refractivity contribution in [1.82, 2.24) is 25.2 Å². The van der Waals surface area contributed by atoms with Crippen molar-refractivity contribution in [1.29, 1.82) is 0 Å². The Labute approximate surface area is 283 Å². The Bertz CT molecular complexity index is 1530. The number of nitrogens with zero attached hydrogens (tertiary/aromatic N) is 2. The summed E-state index contributed by atoms with van der Waals surface area (Å²) in [5, 5.41) is 8.64. The summed E-state index contributed by atoms with van der Waals surface area (Å²) >= 11 is 0. The highest BCUT2D eigenvalue weighted by Gasteiger charge is 2.58. The smallest absolute Gasteiger partial charge is 0.315 e. The van der Waals surface area contributed by atoms with Crippen LogP contribution in [-0.2, 0) is 42.0 Å². The van der Waals surface area contributed by atoms with Gasteiger partial charge in [0, 0.05) is 26.2 Å². The fourth-order valence-corrected chi connectivity index (χ4v) is 7.83. The number of nitrogens with one attached hydrogen (secondary N) is 3. The van der Waals surface area contributed by atoms with E-state index >= 15 is 0 Å². The number of amides is 5. The number of primary amides is 1. The number of hydrogen-bond acceptors (Lipinski definition) is 7. The molecule has 5 N–H and O–H groups in total. The molecule has 1 unspecified atom stereocenters. The summed E-state index contributed by atoms with van der Waals surface area (Å²) in [7, 11) is -2.06. The maximum atomic E-state index is 14.5. The van der Waals surface area contributed by atoms with E-state index in [4.69, 9.17) is 5.73 Å². The first-order valence-corrected chi connectivity index (χ1v) is 18.8. The highest BCUT2D eigenvalue weighted by molar-refractivity contribution is 7.88. The number of rotatable bonds is 13. The largest absolute Gasteiger partial charge is 0.363 e. The average Bonchev–Trinajstić information content (AvgIpc) is 3.42. The highest BCUT2D eigenvalue weighted by Crippen LogP contribution is 2.50. The van der Waals surface area contributed by atoms with Crippen LogP contribution in [0.3, 0.4) is 0 Å². The number of urea groups is 1. The quantitative estimate of drug-likeness (QED) is 0.222. The second kappa shape index (κ2) is 13.8. The number of ketones is 1. The average molecular weight is 687 g/mol. The molecule has 0 spiro atoms. The van der Waals surface area contributed by atoms with Crippen molar-refractivity contribution in [2.45, 2.75) is 89.9 Å². The monoisotopic (exact) mass is 686 g/mol. The third kappa shape index (κ3) is 8.02. The number of sulfonamides is 1. The van der Waals surface area contributed by atoms with Crippen LogP contribution in [0.4, 0.5) is 4.79 Å². The number of benzene rings is 1. The predicted octanol–water partition coefficient (Wildman–Crippen LogP) is 0.952. The van der Waals surface area contributed by atoms with E-state index < -0.39 is 63.2 Å². The minimum atomic E-state index is -3.51. The van der Waals surface area contributed by atoms with Gasteiger partial charge in [0.05, 0.1) is 12.3 Å². The van der Waals surface area contributed by atoms with Gasteiger partial charge in [-0.3, -0.25) is 19.2 Å². The number of likely N-dealkylation sites (N-methyl/N-ethyl adjacent to an activating group) is 1. The Morgan fingerprint density at radius 3 is 2.17 bits per heavy atom. The molecule has 0 bridgehead atoms. The predicted molar refractivity (Wildman–Crippen MR) is 179 cm³/mol. The van der Waals surface area contributed by atoms with E-state index in [0.29, 0.717) is 25.8 Å². The van der Waals surface area contributed by atoms with Crippen LogP contribution >= 0.6 is 0 Å². The van der Waals surface area contributed by atoms with Gasteiger partial charge >= 0.3 is 6.03 Å². The molecule has 6 atom stereocenters. The number of likely N-dealkylation sites (tertiary alicyclic amines) is 1. The zero-order valence-electron chi connectivity index (χ0n) is 28.5. The molecule has 3 fully saturated rings. The SMILES string of the molecule is CN(C[C@@H](NC(=O)N[C@H](C(=O)N1C[C@@H]2C[C@@H]2[C@H]1C(=O)NC(CC1CCC1)C(=O)C(N)=O)C1Cc2ccccc2C1)C(C)(C)C)S(C)(=O)=O. The number of fused-ring (bicyclic) bond motifs is 2. The number of piperidine rings is 1. The van der Waals surface area contributed by atoms with Crippen LogP contribution in [0.25, 0.3) is 0 Å². The van der Waals surface area contributed by atoms with Crippen molar-refractivity contribution < 1.29 is 32.4 Å². The first-order chi connectivity index (χ1) is 22.4. The van der Waals surface area contributed by atoms with Crippen molar-refractivity contribution >= 4 is 39.6 Å². The summed E-state index contributed by atoms with van der Waals surface area (Å²) in [6.07, 6.45) is 6.17. The van der Waals surface area contributed by atoms with Gasteiger partial charge in [-0.1, -0.05) is 64.3 Å². The molecular weight excluding hydrogens is 636 g/mol. The van der Waals surface area contributed by atoms with Crippen LogP contribution < -0.4 is 21.7 Å². The summed E-state index contributed by atoms with van der Waals surface area (Å²) in [4.78, 5) is 68.1. The Kier molecular flexibility index (Phi) is 10.3. The lowest BCUT2D eigenvalue weighted by Crippen LogP contribution is -2.61. The normalized spacial score (nSPS) is 24.1. The molecule has 3 aliphatic carbocycles. The zero-order valence-corrected chi connectivity index (χ0v) is 29.3. The fraction of sp³-hybridized carbons (Fsp3) is 0.676. The van der Waals surface area contributed by atoms with Crippen LogP contribution in [0, 0.1) is 29.1 Å². The van der Waals surface area contributed by atoms with Gasteiger partial charge < -0.3 is 26.6 Å². The summed E-state index contributed by atoms with van der Waals surface area (Å²) in [5.74, 6) is -2.81. The minimum Gasteiger partial charge on any atom is -0.363 e. The number of Topliss-reactive ketones (excluding diaryl/α,β-unsaturated/α-hetero) is 1. The molecule has 1 aliphatic heterocycles. The van der Waals surface area contributed by atoms with Crippen LogP contribution in [-0.4, -0.2) is 97.7 Å². The first-order valence-electron chi connectivity index (χ1n) is 16.9. The van der Waals surface area contributed by atoms with Crippen LogP contribution in [0.5, 0.6) is 0 Å². The number of carbonyl (C=O) groups is 5. The molecule has 13 nitrogen and oxygen atoms in total. The van der Waals surface area contributed by atoms with E-state index in [9.17, 15) is 32.4 Å². The van der Waals surface area contributed by atoms with Gasteiger partial charge in [-0.25, -0.2) is 17.5 Å². The molecular formula is C34H50N6O7S. The van der Waals surface area contributed by atoms with E-state index in [1.165, 1.54) is 16.3 Å². The Morgan fingerprint density at radius 1 is 1.02 bits per heavy atom. The van der Waals surface area contributed by atoms with E-state index in [-0.39, 0.29) is 36.1 Å². The summed E-state index contributed by atoms with van der Waals surface area (Å²) in [6, 6.07) is 3.84. The van der Waals surface area contributed by atoms with Crippen molar-refractivity contribution in [3.8, 4) is 0 Å². The molecule has 1 aromatic carbocycles. The number of hydrogen-bond donors (Lipinski definition) is 4. The molecule has 5 amide bonds. The molecule has 2 saturated carbocycles. The van der Waals surface area contributed by atoms with Gasteiger partial charge in [0.15, 0.2) is 0 Å². The lowest BCUT2D eigenvalue weighted by Gasteiger charge is -2.36. The van der Waals surface area contributed by atoms with Gasteiger partial charge in [0.1, 0.15) is 12.1 Å². The van der Waals surface area contributed by atoms with E-state index in [1.54, 1.807) is 0 Å². The third-order valence-corrected chi connectivity index (χ3v) is 12.1. The molecule has 5 rings (SSSR count). The van der Waals surface area contributed by atoms with Gasteiger partial charge in [-0.05, 0) is 65.9 Å². The third-order valence-electron chi connectivity index (χ3n) is 10.8. The number of nitrogens with two attached hydrogens (primary N) is 1. The molecule has 1 saturated heterocycles. The molecule has 1 heterocycles. The highest BCUT2D eigenvalue weighted by atomic mass is 32.2. The topological polar surface area (TPSA) is 188 Å². The van der Waals surface area contributed by atoms with Crippen molar-refractivity contribution in [2.24, 2.45) is 34.8 Å². The Hall–Kier alpha value is -3.52. The van der Waals surface area contributed by atoms with E-state index in [2.05, 4.69) is 16.0 Å². The summed E-state index contributed by atoms with van der Waals surface area (Å²) in [5.41, 5.74) is 6.99. The van der Waals surface area contributed by atoms with Crippen molar-refractivity contribution in [3.05, 3.63) is 35.4 Å². The van der Waals surface area contributed by atoms with Crippen LogP contribution in [0.2, 0.25) is 0 Å². The van der Waals surface area contributed by atoms with Crippen molar-refractivity contribution in [2.75, 3.05) is 26.4 Å². The van der Waals surface area contributed by atoms with Gasteiger partial charge in [0.25, 0.3) is 5.91 Å². The molecule has 0 aromatic heterocycles. The molecule has 0 radical (unpaired) electrons. The maximum absolute atomic E-state index is 14.5. The second-order valence-corrected chi connectivity index (χ2v) is 17.5. The molecule has 1 aromatic rings. The fourth-order valence-electron chi connectivity index (χ4n) is 7.41. The first kappa shape index (κ1) is 35.8. The van der Waals surface area contributed by atoms with Crippen molar-refractivity contribution in [3.63, 3.8) is 0 Å². The number of carbonyl (C=O) groups excluding carboxylic acids is 5.